The van der Waals surface area contributed by atoms with E-state index >= 15 is 0 Å². The zero-order valence-corrected chi connectivity index (χ0v) is 18.1. The summed E-state index contributed by atoms with van der Waals surface area (Å²) < 4.78 is 27.5. The maximum atomic E-state index is 13.1. The third-order valence-corrected chi connectivity index (χ3v) is 6.17. The molecule has 0 aliphatic carbocycles. The van der Waals surface area contributed by atoms with Gasteiger partial charge >= 0.3 is 0 Å². The molecule has 0 aromatic heterocycles. The van der Waals surface area contributed by atoms with Crippen LogP contribution in [0.1, 0.15) is 37.8 Å². The van der Waals surface area contributed by atoms with Crippen molar-refractivity contribution < 1.29 is 13.2 Å². The maximum absolute atomic E-state index is 13.1. The second-order valence-corrected chi connectivity index (χ2v) is 9.81. The lowest BCUT2D eigenvalue weighted by atomic mass is 9.90. The third kappa shape index (κ3) is 5.55. The van der Waals surface area contributed by atoms with E-state index in [1.165, 1.54) is 12.1 Å². The summed E-state index contributed by atoms with van der Waals surface area (Å²) >= 11 is 0. The highest BCUT2D eigenvalue weighted by atomic mass is 32.2. The van der Waals surface area contributed by atoms with E-state index in [0.29, 0.717) is 5.69 Å². The molecule has 1 amide bonds. The monoisotopic (exact) mass is 422 g/mol. The second kappa shape index (κ2) is 8.81. The van der Waals surface area contributed by atoms with Crippen LogP contribution in [-0.4, -0.2) is 19.9 Å². The van der Waals surface area contributed by atoms with Gasteiger partial charge in [-0.2, -0.15) is 0 Å². The van der Waals surface area contributed by atoms with Gasteiger partial charge < -0.3 is 5.32 Å². The van der Waals surface area contributed by atoms with Crippen LogP contribution in [-0.2, 0) is 14.8 Å². The van der Waals surface area contributed by atoms with Gasteiger partial charge in [0, 0.05) is 11.2 Å². The minimum Gasteiger partial charge on any atom is -0.325 e. The number of rotatable bonds is 6. The van der Waals surface area contributed by atoms with Crippen molar-refractivity contribution in [1.82, 2.24) is 4.72 Å². The molecule has 3 aromatic rings. The van der Waals surface area contributed by atoms with Gasteiger partial charge in [-0.05, 0) is 56.2 Å². The highest BCUT2D eigenvalue weighted by molar-refractivity contribution is 7.89. The quantitative estimate of drug-likeness (QED) is 0.613. The van der Waals surface area contributed by atoms with Crippen LogP contribution in [0.3, 0.4) is 0 Å². The van der Waals surface area contributed by atoms with Crippen molar-refractivity contribution in [3.63, 3.8) is 0 Å². The molecule has 0 radical (unpaired) electrons. The van der Waals surface area contributed by atoms with Gasteiger partial charge in [-0.25, -0.2) is 13.1 Å². The highest BCUT2D eigenvalue weighted by Crippen LogP contribution is 2.26. The van der Waals surface area contributed by atoms with Crippen molar-refractivity contribution in [2.24, 2.45) is 0 Å². The first-order chi connectivity index (χ1) is 14.2. The Morgan fingerprint density at radius 2 is 1.23 bits per heavy atom. The van der Waals surface area contributed by atoms with E-state index in [9.17, 15) is 13.2 Å². The lowest BCUT2D eigenvalue weighted by Gasteiger charge is -2.20. The van der Waals surface area contributed by atoms with Crippen LogP contribution in [0.4, 0.5) is 5.69 Å². The highest BCUT2D eigenvalue weighted by Gasteiger charge is 2.24. The van der Waals surface area contributed by atoms with Gasteiger partial charge in [0.15, 0.2) is 0 Å². The Bertz CT molecular complexity index is 1050. The lowest BCUT2D eigenvalue weighted by Crippen LogP contribution is -2.40. The number of carbonyl (C=O) groups is 1. The average molecular weight is 423 g/mol. The minimum absolute atomic E-state index is 0.151. The largest absolute Gasteiger partial charge is 0.325 e. The summed E-state index contributed by atoms with van der Waals surface area (Å²) in [5, 5.41) is 2.91. The summed E-state index contributed by atoms with van der Waals surface area (Å²) in [4.78, 5) is 13.3. The number of benzene rings is 3. The molecule has 0 atom stereocenters. The molecule has 5 nitrogen and oxygen atoms in total. The SMILES string of the molecule is CC(C)(C)NS(=O)(=O)c1ccc(NC(=O)C(c2ccccc2)c2ccccc2)cc1. The average Bonchev–Trinajstić information content (AvgIpc) is 2.68. The first-order valence-corrected chi connectivity index (χ1v) is 11.2. The van der Waals surface area contributed by atoms with Gasteiger partial charge in [-0.1, -0.05) is 60.7 Å². The fourth-order valence-corrected chi connectivity index (χ4v) is 4.60. The molecule has 0 saturated heterocycles. The van der Waals surface area contributed by atoms with E-state index in [4.69, 9.17) is 0 Å². The number of amides is 1. The number of carbonyl (C=O) groups excluding carboxylic acids is 1. The molecular weight excluding hydrogens is 396 g/mol. The van der Waals surface area contributed by atoms with Crippen LogP contribution in [0.25, 0.3) is 0 Å². The van der Waals surface area contributed by atoms with E-state index in [2.05, 4.69) is 10.0 Å². The molecule has 0 fully saturated rings. The molecule has 0 heterocycles. The molecule has 0 aliphatic rings. The molecule has 0 bridgehead atoms. The van der Waals surface area contributed by atoms with Crippen molar-refractivity contribution in [2.75, 3.05) is 5.32 Å². The Morgan fingerprint density at radius 1 is 0.767 bits per heavy atom. The smallest absolute Gasteiger partial charge is 0.241 e. The van der Waals surface area contributed by atoms with Gasteiger partial charge in [0.2, 0.25) is 15.9 Å². The first-order valence-electron chi connectivity index (χ1n) is 9.70. The Hall–Kier alpha value is -2.96. The van der Waals surface area contributed by atoms with Gasteiger partial charge in [-0.3, -0.25) is 4.79 Å². The normalized spacial score (nSPS) is 12.0. The van der Waals surface area contributed by atoms with Crippen molar-refractivity contribution in [2.45, 2.75) is 37.1 Å². The Balaban J connectivity index is 1.83. The summed E-state index contributed by atoms with van der Waals surface area (Å²) in [5.41, 5.74) is 1.72. The van der Waals surface area contributed by atoms with Gasteiger partial charge in [0.1, 0.15) is 0 Å². The van der Waals surface area contributed by atoms with Crippen molar-refractivity contribution in [3.8, 4) is 0 Å². The Kier molecular flexibility index (Phi) is 6.39. The molecule has 0 aliphatic heterocycles. The molecule has 30 heavy (non-hydrogen) atoms. The number of sulfonamides is 1. The third-order valence-electron chi connectivity index (χ3n) is 4.40. The lowest BCUT2D eigenvalue weighted by molar-refractivity contribution is -0.116. The number of nitrogens with one attached hydrogen (secondary N) is 2. The molecule has 3 aromatic carbocycles. The van der Waals surface area contributed by atoms with E-state index < -0.39 is 21.5 Å². The number of hydrogen-bond donors (Lipinski definition) is 2. The van der Waals surface area contributed by atoms with Crippen LogP contribution in [0, 0.1) is 0 Å². The van der Waals surface area contributed by atoms with Crippen molar-refractivity contribution in [3.05, 3.63) is 96.1 Å². The molecule has 156 valence electrons. The van der Waals surface area contributed by atoms with Crippen LogP contribution >= 0.6 is 0 Å². The van der Waals surface area contributed by atoms with Crippen LogP contribution in [0.5, 0.6) is 0 Å². The summed E-state index contributed by atoms with van der Waals surface area (Å²) in [7, 11) is -3.63. The first kappa shape index (κ1) is 21.7. The molecule has 3 rings (SSSR count). The fourth-order valence-electron chi connectivity index (χ4n) is 3.18. The number of anilines is 1. The summed E-state index contributed by atoms with van der Waals surface area (Å²) in [6.45, 7) is 5.35. The minimum atomic E-state index is -3.63. The van der Waals surface area contributed by atoms with Gasteiger partial charge in [0.25, 0.3) is 0 Å². The van der Waals surface area contributed by atoms with Crippen molar-refractivity contribution >= 4 is 21.6 Å². The van der Waals surface area contributed by atoms with Crippen LogP contribution in [0.15, 0.2) is 89.8 Å². The maximum Gasteiger partial charge on any atom is 0.241 e. The zero-order chi connectivity index (χ0) is 21.8. The van der Waals surface area contributed by atoms with Crippen LogP contribution < -0.4 is 10.0 Å². The van der Waals surface area contributed by atoms with Crippen molar-refractivity contribution in [1.29, 1.82) is 0 Å². The standard InChI is InChI=1S/C24H26N2O3S/c1-24(2,3)26-30(28,29)21-16-14-20(15-17-21)25-23(27)22(18-10-6-4-7-11-18)19-12-8-5-9-13-19/h4-17,22,26H,1-3H3,(H,25,27). The Labute approximate surface area is 178 Å². The summed E-state index contributed by atoms with van der Waals surface area (Å²) in [6, 6.07) is 25.3. The summed E-state index contributed by atoms with van der Waals surface area (Å²) in [5.74, 6) is -0.658. The summed E-state index contributed by atoms with van der Waals surface area (Å²) in [6.07, 6.45) is 0. The van der Waals surface area contributed by atoms with E-state index in [1.807, 2.05) is 60.7 Å². The fraction of sp³-hybridized carbons (Fsp3) is 0.208. The topological polar surface area (TPSA) is 75.3 Å². The molecule has 0 unspecified atom stereocenters. The second-order valence-electron chi connectivity index (χ2n) is 8.12. The number of hydrogen-bond acceptors (Lipinski definition) is 3. The van der Waals surface area contributed by atoms with E-state index in [0.717, 1.165) is 11.1 Å². The zero-order valence-electron chi connectivity index (χ0n) is 17.3. The van der Waals surface area contributed by atoms with Crippen LogP contribution in [0.2, 0.25) is 0 Å². The molecule has 6 heteroatoms. The molecule has 0 spiro atoms. The van der Waals surface area contributed by atoms with E-state index in [1.54, 1.807) is 32.9 Å². The predicted molar refractivity (Wildman–Crippen MR) is 120 cm³/mol. The molecular formula is C24H26N2O3S. The van der Waals surface area contributed by atoms with Gasteiger partial charge in [-0.15, -0.1) is 0 Å². The van der Waals surface area contributed by atoms with Gasteiger partial charge in [0.05, 0.1) is 10.8 Å². The van der Waals surface area contributed by atoms with E-state index in [-0.39, 0.29) is 10.8 Å². The molecule has 0 saturated carbocycles. The predicted octanol–water partition coefficient (Wildman–Crippen LogP) is 4.53. The molecule has 2 N–H and O–H groups in total. The Morgan fingerprint density at radius 3 is 1.67 bits per heavy atom.